The maximum atomic E-state index is 9.86. The van der Waals surface area contributed by atoms with Crippen molar-refractivity contribution in [1.29, 1.82) is 0 Å². The predicted octanol–water partition coefficient (Wildman–Crippen LogP) is 3.85. The Kier molecular flexibility index (Phi) is 5.53. The van der Waals surface area contributed by atoms with E-state index in [9.17, 15) is 5.11 Å². The molecule has 0 spiro atoms. The summed E-state index contributed by atoms with van der Waals surface area (Å²) in [4.78, 5) is 0. The molecule has 0 bridgehead atoms. The van der Waals surface area contributed by atoms with Gasteiger partial charge in [-0.05, 0) is 30.3 Å². The number of rotatable bonds is 6. The van der Waals surface area contributed by atoms with Crippen molar-refractivity contribution in [3.05, 3.63) is 58.6 Å². The monoisotopic (exact) mass is 311 g/mol. The molecule has 0 amide bonds. The zero-order valence-corrected chi connectivity index (χ0v) is 12.2. The van der Waals surface area contributed by atoms with Gasteiger partial charge >= 0.3 is 0 Å². The van der Waals surface area contributed by atoms with Crippen LogP contribution in [0.2, 0.25) is 10.0 Å². The van der Waals surface area contributed by atoms with Crippen LogP contribution in [0, 0.1) is 0 Å². The molecule has 3 nitrogen and oxygen atoms in total. The number of para-hydroxylation sites is 1. The van der Waals surface area contributed by atoms with E-state index in [1.165, 1.54) is 0 Å². The number of hydrogen-bond donors (Lipinski definition) is 2. The number of halogens is 2. The van der Waals surface area contributed by atoms with Crippen LogP contribution in [0.4, 0.5) is 5.69 Å². The number of ether oxygens (including phenoxy) is 1. The summed E-state index contributed by atoms with van der Waals surface area (Å²) in [5.41, 5.74) is 0.765. The number of aliphatic hydroxyl groups is 1. The lowest BCUT2D eigenvalue weighted by Crippen LogP contribution is -2.26. The summed E-state index contributed by atoms with van der Waals surface area (Å²) < 4.78 is 5.46. The Morgan fingerprint density at radius 2 is 1.70 bits per heavy atom. The Morgan fingerprint density at radius 1 is 1.05 bits per heavy atom. The average Bonchev–Trinajstić information content (AvgIpc) is 2.43. The fourth-order valence-corrected chi connectivity index (χ4v) is 2.19. The van der Waals surface area contributed by atoms with Crippen molar-refractivity contribution in [2.24, 2.45) is 0 Å². The minimum atomic E-state index is -0.632. The first-order valence-electron chi connectivity index (χ1n) is 6.19. The highest BCUT2D eigenvalue weighted by Crippen LogP contribution is 2.22. The van der Waals surface area contributed by atoms with Crippen molar-refractivity contribution >= 4 is 28.9 Å². The summed E-state index contributed by atoms with van der Waals surface area (Å²) in [7, 11) is 0. The lowest BCUT2D eigenvalue weighted by atomic mass is 10.3. The minimum Gasteiger partial charge on any atom is -0.491 e. The molecule has 2 aromatic carbocycles. The predicted molar refractivity (Wildman–Crippen MR) is 82.9 cm³/mol. The van der Waals surface area contributed by atoms with E-state index in [1.54, 1.807) is 18.2 Å². The molecule has 5 heteroatoms. The molecule has 0 saturated carbocycles. The molecule has 2 N–H and O–H groups in total. The lowest BCUT2D eigenvalue weighted by Gasteiger charge is -2.14. The highest BCUT2D eigenvalue weighted by Gasteiger charge is 2.06. The molecule has 0 aliphatic carbocycles. The summed E-state index contributed by atoms with van der Waals surface area (Å²) in [6.07, 6.45) is -0.632. The van der Waals surface area contributed by atoms with Crippen LogP contribution in [-0.4, -0.2) is 24.4 Å². The first-order chi connectivity index (χ1) is 9.63. The van der Waals surface area contributed by atoms with Gasteiger partial charge < -0.3 is 15.2 Å². The van der Waals surface area contributed by atoms with Gasteiger partial charge in [0, 0.05) is 22.3 Å². The second kappa shape index (κ2) is 7.39. The summed E-state index contributed by atoms with van der Waals surface area (Å²) >= 11 is 11.8. The SMILES string of the molecule is OC(CNc1cc(Cl)cc(Cl)c1)COc1ccccc1. The van der Waals surface area contributed by atoms with Crippen LogP contribution in [0.3, 0.4) is 0 Å². The summed E-state index contributed by atoms with van der Waals surface area (Å²) in [6.45, 7) is 0.564. The second-order valence-corrected chi connectivity index (χ2v) is 5.19. The van der Waals surface area contributed by atoms with E-state index in [0.29, 0.717) is 16.6 Å². The molecular formula is C15H15Cl2NO2. The number of nitrogens with one attached hydrogen (secondary N) is 1. The molecule has 0 aliphatic rings. The van der Waals surface area contributed by atoms with Crippen LogP contribution >= 0.6 is 23.2 Å². The van der Waals surface area contributed by atoms with Gasteiger partial charge in [-0.3, -0.25) is 0 Å². The van der Waals surface area contributed by atoms with Crippen LogP contribution in [0.1, 0.15) is 0 Å². The molecule has 0 aromatic heterocycles. The number of benzene rings is 2. The molecule has 0 saturated heterocycles. The molecule has 1 unspecified atom stereocenters. The highest BCUT2D eigenvalue weighted by atomic mass is 35.5. The van der Waals surface area contributed by atoms with Gasteiger partial charge in [-0.15, -0.1) is 0 Å². The van der Waals surface area contributed by atoms with Crippen molar-refractivity contribution in [2.45, 2.75) is 6.10 Å². The standard InChI is InChI=1S/C15H15Cl2NO2/c16-11-6-12(17)8-13(7-11)18-9-14(19)10-20-15-4-2-1-3-5-15/h1-8,14,18-19H,9-10H2. The Bertz CT molecular complexity index is 529. The third-order valence-electron chi connectivity index (χ3n) is 2.59. The Hall–Kier alpha value is -1.42. The topological polar surface area (TPSA) is 41.5 Å². The highest BCUT2D eigenvalue weighted by molar-refractivity contribution is 6.35. The first-order valence-corrected chi connectivity index (χ1v) is 6.95. The number of anilines is 1. The molecule has 0 aliphatic heterocycles. The first kappa shape index (κ1) is 15.0. The van der Waals surface area contributed by atoms with Crippen LogP contribution in [0.15, 0.2) is 48.5 Å². The maximum absolute atomic E-state index is 9.86. The van der Waals surface area contributed by atoms with Crippen molar-refractivity contribution in [3.8, 4) is 5.75 Å². The van der Waals surface area contributed by atoms with Gasteiger partial charge in [0.15, 0.2) is 0 Å². The van der Waals surface area contributed by atoms with Crippen molar-refractivity contribution in [1.82, 2.24) is 0 Å². The van der Waals surface area contributed by atoms with Crippen molar-refractivity contribution in [3.63, 3.8) is 0 Å². The fourth-order valence-electron chi connectivity index (χ4n) is 1.66. The summed E-state index contributed by atoms with van der Waals surface area (Å²) in [5.74, 6) is 0.734. The molecule has 1 atom stereocenters. The zero-order valence-electron chi connectivity index (χ0n) is 10.7. The van der Waals surface area contributed by atoms with Crippen LogP contribution in [0.25, 0.3) is 0 Å². The molecule has 0 heterocycles. The fraction of sp³-hybridized carbons (Fsp3) is 0.200. The summed E-state index contributed by atoms with van der Waals surface area (Å²) in [6, 6.07) is 14.5. The third-order valence-corrected chi connectivity index (χ3v) is 3.03. The Morgan fingerprint density at radius 3 is 2.35 bits per heavy atom. The van der Waals surface area contributed by atoms with E-state index in [4.69, 9.17) is 27.9 Å². The molecule has 106 valence electrons. The molecule has 2 rings (SSSR count). The van der Waals surface area contributed by atoms with Crippen molar-refractivity contribution < 1.29 is 9.84 Å². The molecule has 0 fully saturated rings. The average molecular weight is 312 g/mol. The molecule has 2 aromatic rings. The van der Waals surface area contributed by atoms with E-state index in [0.717, 1.165) is 11.4 Å². The van der Waals surface area contributed by atoms with Crippen LogP contribution in [-0.2, 0) is 0 Å². The van der Waals surface area contributed by atoms with Gasteiger partial charge in [-0.25, -0.2) is 0 Å². The van der Waals surface area contributed by atoms with Gasteiger partial charge in [0.25, 0.3) is 0 Å². The Labute approximate surface area is 128 Å². The van der Waals surface area contributed by atoms with Gasteiger partial charge in [0.1, 0.15) is 18.5 Å². The molecule has 0 radical (unpaired) electrons. The van der Waals surface area contributed by atoms with Gasteiger partial charge in [0.2, 0.25) is 0 Å². The van der Waals surface area contributed by atoms with E-state index in [-0.39, 0.29) is 6.61 Å². The zero-order chi connectivity index (χ0) is 14.4. The largest absolute Gasteiger partial charge is 0.491 e. The van der Waals surface area contributed by atoms with Crippen LogP contribution in [0.5, 0.6) is 5.75 Å². The smallest absolute Gasteiger partial charge is 0.119 e. The minimum absolute atomic E-state index is 0.214. The number of aliphatic hydroxyl groups excluding tert-OH is 1. The Balaban J connectivity index is 1.78. The van der Waals surface area contributed by atoms with E-state index in [2.05, 4.69) is 5.32 Å². The number of hydrogen-bond acceptors (Lipinski definition) is 3. The van der Waals surface area contributed by atoms with E-state index in [1.807, 2.05) is 30.3 Å². The van der Waals surface area contributed by atoms with Gasteiger partial charge in [-0.2, -0.15) is 0 Å². The van der Waals surface area contributed by atoms with Gasteiger partial charge in [-0.1, -0.05) is 41.4 Å². The molecule has 20 heavy (non-hydrogen) atoms. The second-order valence-electron chi connectivity index (χ2n) is 4.32. The molecular weight excluding hydrogens is 297 g/mol. The van der Waals surface area contributed by atoms with Crippen molar-refractivity contribution in [2.75, 3.05) is 18.5 Å². The maximum Gasteiger partial charge on any atom is 0.119 e. The van der Waals surface area contributed by atoms with Crippen LogP contribution < -0.4 is 10.1 Å². The van der Waals surface area contributed by atoms with E-state index < -0.39 is 6.10 Å². The summed E-state index contributed by atoms with van der Waals surface area (Å²) in [5, 5.41) is 14.0. The van der Waals surface area contributed by atoms with E-state index >= 15 is 0 Å². The third kappa shape index (κ3) is 4.93. The van der Waals surface area contributed by atoms with Gasteiger partial charge in [0.05, 0.1) is 0 Å². The normalized spacial score (nSPS) is 11.9. The lowest BCUT2D eigenvalue weighted by molar-refractivity contribution is 0.117. The quantitative estimate of drug-likeness (QED) is 0.851.